The highest BCUT2D eigenvalue weighted by Gasteiger charge is 2.42. The SMILES string of the molecule is CCCCC(C)(C)OC(=O)C1CC2C=CC1C2. The molecule has 2 bridgehead atoms. The van der Waals surface area contributed by atoms with Gasteiger partial charge in [-0.3, -0.25) is 4.79 Å². The smallest absolute Gasteiger partial charge is 0.310 e. The Bertz CT molecular complexity index is 317. The Kier molecular flexibility index (Phi) is 3.60. The summed E-state index contributed by atoms with van der Waals surface area (Å²) in [6, 6.07) is 0. The molecule has 0 N–H and O–H groups in total. The Morgan fingerprint density at radius 2 is 2.12 bits per heavy atom. The van der Waals surface area contributed by atoms with Crippen LogP contribution in [0.4, 0.5) is 0 Å². The Hall–Kier alpha value is -0.790. The summed E-state index contributed by atoms with van der Waals surface area (Å²) in [5.74, 6) is 1.25. The van der Waals surface area contributed by atoms with E-state index in [9.17, 15) is 4.79 Å². The molecule has 0 saturated heterocycles. The normalized spacial score (nSPS) is 30.9. The predicted octanol–water partition coefficient (Wildman–Crippen LogP) is 3.71. The second kappa shape index (κ2) is 4.83. The van der Waals surface area contributed by atoms with Crippen molar-refractivity contribution in [1.82, 2.24) is 0 Å². The van der Waals surface area contributed by atoms with Crippen molar-refractivity contribution >= 4 is 5.97 Å². The minimum absolute atomic E-state index is 0.0305. The first-order valence-electron chi connectivity index (χ1n) is 6.93. The minimum atomic E-state index is -0.293. The maximum absolute atomic E-state index is 12.2. The third-order valence-corrected chi connectivity index (χ3v) is 4.09. The van der Waals surface area contributed by atoms with Gasteiger partial charge in [0.1, 0.15) is 5.60 Å². The summed E-state index contributed by atoms with van der Waals surface area (Å²) < 4.78 is 5.70. The lowest BCUT2D eigenvalue weighted by Gasteiger charge is -2.28. The van der Waals surface area contributed by atoms with Crippen LogP contribution in [0.3, 0.4) is 0 Å². The monoisotopic (exact) mass is 236 g/mol. The molecule has 0 radical (unpaired) electrons. The average Bonchev–Trinajstić information content (AvgIpc) is 2.87. The number of carbonyl (C=O) groups is 1. The Balaban J connectivity index is 1.86. The van der Waals surface area contributed by atoms with Crippen LogP contribution in [-0.2, 0) is 9.53 Å². The minimum Gasteiger partial charge on any atom is -0.459 e. The fourth-order valence-corrected chi connectivity index (χ4v) is 3.05. The molecule has 3 unspecified atom stereocenters. The van der Waals surface area contributed by atoms with E-state index in [1.807, 2.05) is 13.8 Å². The summed E-state index contributed by atoms with van der Waals surface area (Å²) in [5, 5.41) is 0. The zero-order chi connectivity index (χ0) is 12.5. The van der Waals surface area contributed by atoms with E-state index in [0.29, 0.717) is 11.8 Å². The lowest BCUT2D eigenvalue weighted by molar-refractivity contribution is -0.163. The van der Waals surface area contributed by atoms with Gasteiger partial charge < -0.3 is 4.74 Å². The Morgan fingerprint density at radius 1 is 1.35 bits per heavy atom. The van der Waals surface area contributed by atoms with Gasteiger partial charge in [-0.2, -0.15) is 0 Å². The highest BCUT2D eigenvalue weighted by atomic mass is 16.6. The van der Waals surface area contributed by atoms with Crippen LogP contribution in [0.25, 0.3) is 0 Å². The number of allylic oxidation sites excluding steroid dienone is 2. The molecule has 0 heterocycles. The van der Waals surface area contributed by atoms with Gasteiger partial charge in [-0.15, -0.1) is 0 Å². The van der Waals surface area contributed by atoms with E-state index >= 15 is 0 Å². The van der Waals surface area contributed by atoms with Gasteiger partial charge in [0.2, 0.25) is 0 Å². The highest BCUT2D eigenvalue weighted by molar-refractivity contribution is 5.74. The summed E-state index contributed by atoms with van der Waals surface area (Å²) in [7, 11) is 0. The first kappa shape index (κ1) is 12.7. The topological polar surface area (TPSA) is 26.3 Å². The number of hydrogen-bond acceptors (Lipinski definition) is 2. The molecular formula is C15H24O2. The van der Waals surface area contributed by atoms with Gasteiger partial charge in [0.25, 0.3) is 0 Å². The van der Waals surface area contributed by atoms with Crippen LogP contribution in [0.1, 0.15) is 52.9 Å². The zero-order valence-electron chi connectivity index (χ0n) is 11.2. The quantitative estimate of drug-likeness (QED) is 0.537. The second-order valence-electron chi connectivity index (χ2n) is 6.17. The molecule has 96 valence electrons. The van der Waals surface area contributed by atoms with Gasteiger partial charge >= 0.3 is 5.97 Å². The van der Waals surface area contributed by atoms with Crippen molar-refractivity contribution in [1.29, 1.82) is 0 Å². The van der Waals surface area contributed by atoms with Crippen LogP contribution in [0.15, 0.2) is 12.2 Å². The maximum atomic E-state index is 12.2. The van der Waals surface area contributed by atoms with Crippen molar-refractivity contribution in [2.24, 2.45) is 17.8 Å². The van der Waals surface area contributed by atoms with Gasteiger partial charge in [-0.05, 0) is 51.4 Å². The summed E-state index contributed by atoms with van der Waals surface area (Å²) in [6.45, 7) is 6.23. The molecule has 2 nitrogen and oxygen atoms in total. The van der Waals surface area contributed by atoms with Crippen molar-refractivity contribution in [3.8, 4) is 0 Å². The van der Waals surface area contributed by atoms with Crippen molar-refractivity contribution in [3.05, 3.63) is 12.2 Å². The first-order chi connectivity index (χ1) is 8.02. The van der Waals surface area contributed by atoms with Crippen LogP contribution >= 0.6 is 0 Å². The van der Waals surface area contributed by atoms with Crippen LogP contribution < -0.4 is 0 Å². The Labute approximate surface area is 104 Å². The van der Waals surface area contributed by atoms with E-state index in [-0.39, 0.29) is 17.5 Å². The van der Waals surface area contributed by atoms with Crippen LogP contribution in [-0.4, -0.2) is 11.6 Å². The molecule has 2 aliphatic carbocycles. The number of hydrogen-bond donors (Lipinski definition) is 0. The highest BCUT2D eigenvalue weighted by Crippen LogP contribution is 2.44. The largest absolute Gasteiger partial charge is 0.459 e. The summed E-state index contributed by atoms with van der Waals surface area (Å²) in [4.78, 5) is 12.2. The molecule has 1 fully saturated rings. The molecule has 3 atom stereocenters. The van der Waals surface area contributed by atoms with E-state index < -0.39 is 0 Å². The van der Waals surface area contributed by atoms with E-state index in [1.165, 1.54) is 0 Å². The molecular weight excluding hydrogens is 212 g/mol. The van der Waals surface area contributed by atoms with Gasteiger partial charge in [0.15, 0.2) is 0 Å². The molecule has 0 aromatic carbocycles. The number of ether oxygens (including phenoxy) is 1. The van der Waals surface area contributed by atoms with Crippen LogP contribution in [0.5, 0.6) is 0 Å². The molecule has 2 aliphatic rings. The molecule has 0 aromatic heterocycles. The standard InChI is InChI=1S/C15H24O2/c1-4-5-8-15(2,3)17-14(16)13-10-11-6-7-12(13)9-11/h6-7,11-13H,4-5,8-10H2,1-3H3. The number of rotatable bonds is 5. The lowest BCUT2D eigenvalue weighted by atomic mass is 9.93. The third-order valence-electron chi connectivity index (χ3n) is 4.09. The third kappa shape index (κ3) is 2.91. The predicted molar refractivity (Wildman–Crippen MR) is 68.5 cm³/mol. The van der Waals surface area contributed by atoms with Gasteiger partial charge in [0, 0.05) is 0 Å². The van der Waals surface area contributed by atoms with E-state index in [4.69, 9.17) is 4.74 Å². The fourth-order valence-electron chi connectivity index (χ4n) is 3.05. The van der Waals surface area contributed by atoms with E-state index in [2.05, 4.69) is 19.1 Å². The average molecular weight is 236 g/mol. The van der Waals surface area contributed by atoms with Crippen molar-refractivity contribution in [2.45, 2.75) is 58.5 Å². The molecule has 0 amide bonds. The van der Waals surface area contributed by atoms with Crippen molar-refractivity contribution in [3.63, 3.8) is 0 Å². The van der Waals surface area contributed by atoms with E-state index in [0.717, 1.165) is 32.1 Å². The summed E-state index contributed by atoms with van der Waals surface area (Å²) in [6.07, 6.45) is 9.87. The van der Waals surface area contributed by atoms with Crippen LogP contribution in [0.2, 0.25) is 0 Å². The number of esters is 1. The van der Waals surface area contributed by atoms with Crippen molar-refractivity contribution in [2.75, 3.05) is 0 Å². The number of carbonyl (C=O) groups excluding carboxylic acids is 1. The maximum Gasteiger partial charge on any atom is 0.310 e. The molecule has 2 rings (SSSR count). The van der Waals surface area contributed by atoms with Crippen molar-refractivity contribution < 1.29 is 9.53 Å². The lowest BCUT2D eigenvalue weighted by Crippen LogP contribution is -2.33. The van der Waals surface area contributed by atoms with Gasteiger partial charge in [-0.1, -0.05) is 25.5 Å². The molecule has 2 heteroatoms. The first-order valence-corrected chi connectivity index (χ1v) is 6.93. The molecule has 0 aliphatic heterocycles. The summed E-state index contributed by atoms with van der Waals surface area (Å²) >= 11 is 0. The van der Waals surface area contributed by atoms with E-state index in [1.54, 1.807) is 0 Å². The van der Waals surface area contributed by atoms with Crippen LogP contribution in [0, 0.1) is 17.8 Å². The number of fused-ring (bicyclic) bond motifs is 2. The summed E-state index contributed by atoms with van der Waals surface area (Å²) in [5.41, 5.74) is -0.293. The number of unbranched alkanes of at least 4 members (excludes halogenated alkanes) is 1. The molecule has 0 aromatic rings. The molecule has 1 saturated carbocycles. The van der Waals surface area contributed by atoms with Gasteiger partial charge in [0.05, 0.1) is 5.92 Å². The fraction of sp³-hybridized carbons (Fsp3) is 0.800. The Morgan fingerprint density at radius 3 is 2.65 bits per heavy atom. The molecule has 0 spiro atoms. The second-order valence-corrected chi connectivity index (χ2v) is 6.17. The molecule has 17 heavy (non-hydrogen) atoms. The zero-order valence-corrected chi connectivity index (χ0v) is 11.2. The van der Waals surface area contributed by atoms with Gasteiger partial charge in [-0.25, -0.2) is 0 Å².